The van der Waals surface area contributed by atoms with Crippen molar-refractivity contribution in [1.82, 2.24) is 15.1 Å². The summed E-state index contributed by atoms with van der Waals surface area (Å²) in [5, 5.41) is 2.65. The van der Waals surface area contributed by atoms with E-state index in [4.69, 9.17) is 9.47 Å². The largest absolute Gasteiger partial charge is 0.497 e. The summed E-state index contributed by atoms with van der Waals surface area (Å²) in [5.74, 6) is -0.703. The van der Waals surface area contributed by atoms with Gasteiger partial charge in [-0.2, -0.15) is 0 Å². The molecule has 0 spiro atoms. The molecule has 2 fully saturated rings. The van der Waals surface area contributed by atoms with Crippen LogP contribution in [0.4, 0.5) is 9.18 Å². The Morgan fingerprint density at radius 2 is 2.03 bits per heavy atom. The summed E-state index contributed by atoms with van der Waals surface area (Å²) in [4.78, 5) is 41.8. The molecule has 4 rings (SSSR count). The summed E-state index contributed by atoms with van der Waals surface area (Å²) in [7, 11) is 1.57. The molecule has 1 N–H and O–H groups in total. The van der Waals surface area contributed by atoms with E-state index < -0.39 is 29.8 Å². The third-order valence-corrected chi connectivity index (χ3v) is 6.30. The number of halogens is 1. The standard InChI is InChI=1S/C25H28FN3O5/c1-25(18-8-10-19(26)11-9-18)23(31)29(24(32)27-25)16-22(30)28(15-21-7-4-12-34-21)14-17-5-3-6-20(13-17)33-2/h3,5-6,8-11,13,21H,4,7,12,14-16H2,1-2H3,(H,27,32). The zero-order valence-electron chi connectivity index (χ0n) is 19.3. The Balaban J connectivity index is 1.52. The molecule has 0 aromatic heterocycles. The van der Waals surface area contributed by atoms with Crippen molar-refractivity contribution in [2.75, 3.05) is 26.8 Å². The number of methoxy groups -OCH3 is 1. The second-order valence-electron chi connectivity index (χ2n) is 8.71. The van der Waals surface area contributed by atoms with Gasteiger partial charge in [0.1, 0.15) is 23.7 Å². The van der Waals surface area contributed by atoms with Gasteiger partial charge in [-0.05, 0) is 55.2 Å². The Bertz CT molecular complexity index is 1070. The van der Waals surface area contributed by atoms with Gasteiger partial charge < -0.3 is 19.7 Å². The first-order chi connectivity index (χ1) is 16.3. The number of benzene rings is 2. The number of nitrogens with zero attached hydrogens (tertiary/aromatic N) is 2. The fourth-order valence-electron chi connectivity index (χ4n) is 4.33. The molecule has 0 radical (unpaired) electrons. The van der Waals surface area contributed by atoms with Crippen molar-refractivity contribution in [3.05, 3.63) is 65.5 Å². The molecule has 2 aromatic rings. The van der Waals surface area contributed by atoms with E-state index in [-0.39, 0.29) is 18.6 Å². The van der Waals surface area contributed by atoms with E-state index >= 15 is 0 Å². The Kier molecular flexibility index (Phi) is 6.83. The molecule has 2 aromatic carbocycles. The van der Waals surface area contributed by atoms with Gasteiger partial charge in [-0.1, -0.05) is 24.3 Å². The van der Waals surface area contributed by atoms with Crippen molar-refractivity contribution in [2.45, 2.75) is 38.0 Å². The lowest BCUT2D eigenvalue weighted by Crippen LogP contribution is -2.46. The van der Waals surface area contributed by atoms with Crippen LogP contribution in [-0.4, -0.2) is 60.6 Å². The highest BCUT2D eigenvalue weighted by Gasteiger charge is 2.49. The highest BCUT2D eigenvalue weighted by molar-refractivity contribution is 6.09. The fourth-order valence-corrected chi connectivity index (χ4v) is 4.33. The first-order valence-electron chi connectivity index (χ1n) is 11.2. The van der Waals surface area contributed by atoms with Crippen LogP contribution in [0.15, 0.2) is 48.5 Å². The summed E-state index contributed by atoms with van der Waals surface area (Å²) in [6.45, 7) is 2.43. The lowest BCUT2D eigenvalue weighted by Gasteiger charge is -2.27. The molecular weight excluding hydrogens is 441 g/mol. The predicted molar refractivity (Wildman–Crippen MR) is 121 cm³/mol. The number of carbonyl (C=O) groups is 3. The zero-order chi connectivity index (χ0) is 24.3. The Labute approximate surface area is 197 Å². The first kappa shape index (κ1) is 23.7. The fraction of sp³-hybridized carbons (Fsp3) is 0.400. The minimum absolute atomic E-state index is 0.0952. The number of urea groups is 1. The molecule has 0 bridgehead atoms. The number of ether oxygens (including phenoxy) is 2. The third-order valence-electron chi connectivity index (χ3n) is 6.30. The van der Waals surface area contributed by atoms with E-state index in [1.165, 1.54) is 24.3 Å². The number of hydrogen-bond acceptors (Lipinski definition) is 5. The Morgan fingerprint density at radius 1 is 1.26 bits per heavy atom. The number of hydrogen-bond donors (Lipinski definition) is 1. The number of imide groups is 1. The van der Waals surface area contributed by atoms with Crippen molar-refractivity contribution in [2.24, 2.45) is 0 Å². The van der Waals surface area contributed by atoms with Gasteiger partial charge in [0.2, 0.25) is 5.91 Å². The summed E-state index contributed by atoms with van der Waals surface area (Å²) >= 11 is 0. The average Bonchev–Trinajstić information content (AvgIpc) is 3.41. The second kappa shape index (κ2) is 9.80. The maximum absolute atomic E-state index is 13.4. The molecular formula is C25H28FN3O5. The minimum Gasteiger partial charge on any atom is -0.497 e. The van der Waals surface area contributed by atoms with Crippen molar-refractivity contribution in [3.63, 3.8) is 0 Å². The van der Waals surface area contributed by atoms with Crippen LogP contribution in [0.2, 0.25) is 0 Å². The quantitative estimate of drug-likeness (QED) is 0.601. The topological polar surface area (TPSA) is 88.2 Å². The molecule has 2 aliphatic heterocycles. The normalized spacial score (nSPS) is 22.1. The van der Waals surface area contributed by atoms with Gasteiger partial charge in [-0.25, -0.2) is 9.18 Å². The SMILES string of the molecule is COc1cccc(CN(CC2CCCO2)C(=O)CN2C(=O)NC(C)(c3ccc(F)cc3)C2=O)c1. The Morgan fingerprint density at radius 3 is 2.71 bits per heavy atom. The molecule has 2 atom stereocenters. The molecule has 34 heavy (non-hydrogen) atoms. The van der Waals surface area contributed by atoms with E-state index in [1.54, 1.807) is 18.9 Å². The van der Waals surface area contributed by atoms with E-state index in [1.807, 2.05) is 24.3 Å². The lowest BCUT2D eigenvalue weighted by atomic mass is 9.92. The Hall–Kier alpha value is -3.46. The van der Waals surface area contributed by atoms with Crippen molar-refractivity contribution < 1.29 is 28.2 Å². The van der Waals surface area contributed by atoms with Gasteiger partial charge in [-0.15, -0.1) is 0 Å². The number of rotatable bonds is 8. The van der Waals surface area contributed by atoms with Crippen LogP contribution in [-0.2, 0) is 26.4 Å². The van der Waals surface area contributed by atoms with Crippen molar-refractivity contribution in [3.8, 4) is 5.75 Å². The van der Waals surface area contributed by atoms with Crippen molar-refractivity contribution >= 4 is 17.8 Å². The highest BCUT2D eigenvalue weighted by Crippen LogP contribution is 2.29. The van der Waals surface area contributed by atoms with Crippen LogP contribution < -0.4 is 10.1 Å². The van der Waals surface area contributed by atoms with E-state index in [0.717, 1.165) is 23.3 Å². The van der Waals surface area contributed by atoms with Gasteiger partial charge >= 0.3 is 6.03 Å². The van der Waals surface area contributed by atoms with Crippen LogP contribution in [0.3, 0.4) is 0 Å². The summed E-state index contributed by atoms with van der Waals surface area (Å²) in [5.41, 5.74) is -0.0779. The van der Waals surface area contributed by atoms with Crippen LogP contribution in [0.1, 0.15) is 30.9 Å². The number of carbonyl (C=O) groups excluding carboxylic acids is 3. The summed E-state index contributed by atoms with van der Waals surface area (Å²) < 4.78 is 24.4. The monoisotopic (exact) mass is 469 g/mol. The minimum atomic E-state index is -1.38. The maximum Gasteiger partial charge on any atom is 0.325 e. The molecule has 2 unspecified atom stereocenters. The first-order valence-corrected chi connectivity index (χ1v) is 11.2. The third kappa shape index (κ3) is 4.89. The van der Waals surface area contributed by atoms with Gasteiger partial charge in [0.15, 0.2) is 0 Å². The van der Waals surface area contributed by atoms with Gasteiger partial charge in [0.25, 0.3) is 5.91 Å². The lowest BCUT2D eigenvalue weighted by molar-refractivity contribution is -0.140. The van der Waals surface area contributed by atoms with Crippen LogP contribution in [0, 0.1) is 5.82 Å². The number of nitrogens with one attached hydrogen (secondary N) is 1. The second-order valence-corrected chi connectivity index (χ2v) is 8.71. The van der Waals surface area contributed by atoms with Crippen LogP contribution >= 0.6 is 0 Å². The summed E-state index contributed by atoms with van der Waals surface area (Å²) in [6, 6.07) is 12.1. The maximum atomic E-state index is 13.4. The molecule has 0 saturated carbocycles. The predicted octanol–water partition coefficient (Wildman–Crippen LogP) is 2.81. The zero-order valence-corrected chi connectivity index (χ0v) is 19.3. The molecule has 0 aliphatic carbocycles. The van der Waals surface area contributed by atoms with Gasteiger partial charge in [0, 0.05) is 19.7 Å². The number of amides is 4. The average molecular weight is 470 g/mol. The molecule has 2 heterocycles. The highest BCUT2D eigenvalue weighted by atomic mass is 19.1. The summed E-state index contributed by atoms with van der Waals surface area (Å²) in [6.07, 6.45) is 1.67. The van der Waals surface area contributed by atoms with Gasteiger partial charge in [0.05, 0.1) is 13.2 Å². The molecule has 4 amide bonds. The molecule has 2 aliphatic rings. The molecule has 180 valence electrons. The van der Waals surface area contributed by atoms with Crippen molar-refractivity contribution in [1.29, 1.82) is 0 Å². The van der Waals surface area contributed by atoms with E-state index in [0.29, 0.717) is 24.5 Å². The van der Waals surface area contributed by atoms with Crippen LogP contribution in [0.5, 0.6) is 5.75 Å². The van der Waals surface area contributed by atoms with Crippen LogP contribution in [0.25, 0.3) is 0 Å². The molecule has 2 saturated heterocycles. The van der Waals surface area contributed by atoms with Gasteiger partial charge in [-0.3, -0.25) is 14.5 Å². The molecule has 9 heteroatoms. The molecule has 8 nitrogen and oxygen atoms in total. The van der Waals surface area contributed by atoms with E-state index in [9.17, 15) is 18.8 Å². The smallest absolute Gasteiger partial charge is 0.325 e. The van der Waals surface area contributed by atoms with E-state index in [2.05, 4.69) is 5.32 Å².